The third-order valence-electron chi connectivity index (χ3n) is 8.30. The molecule has 0 saturated heterocycles. The molecule has 8 heteroatoms. The van der Waals surface area contributed by atoms with Crippen molar-refractivity contribution in [3.05, 3.63) is 41.1 Å². The number of nitrogens with zero attached hydrogens (tertiary/aromatic N) is 1. The molecule has 1 atom stereocenters. The van der Waals surface area contributed by atoms with Gasteiger partial charge in [0.2, 0.25) is 0 Å². The molecule has 1 unspecified atom stereocenters. The second-order valence-corrected chi connectivity index (χ2v) is 10.7. The van der Waals surface area contributed by atoms with Gasteiger partial charge in [-0.2, -0.15) is 0 Å². The topological polar surface area (TPSA) is 99.8 Å². The molecule has 188 valence electrons. The lowest BCUT2D eigenvalue weighted by Crippen LogP contribution is -2.60. The van der Waals surface area contributed by atoms with Crippen molar-refractivity contribution < 1.29 is 19.1 Å². The largest absolute Gasteiger partial charge is 0.463 e. The average Bonchev–Trinajstić information content (AvgIpc) is 2.78. The third kappa shape index (κ3) is 4.50. The maximum atomic E-state index is 13.0. The molecule has 1 aromatic carbocycles. The smallest absolute Gasteiger partial charge is 0.338 e. The molecule has 1 aromatic rings. The Morgan fingerprint density at radius 3 is 2.37 bits per heavy atom. The minimum Gasteiger partial charge on any atom is -0.463 e. The number of benzene rings is 1. The highest BCUT2D eigenvalue weighted by Gasteiger charge is 2.51. The summed E-state index contributed by atoms with van der Waals surface area (Å²) in [7, 11) is 0. The lowest BCUT2D eigenvalue weighted by molar-refractivity contribution is -0.139. The van der Waals surface area contributed by atoms with Crippen molar-refractivity contribution in [3.63, 3.8) is 0 Å². The number of hydrogen-bond donors (Lipinski definition) is 3. The van der Waals surface area contributed by atoms with Crippen LogP contribution < -0.4 is 16.0 Å². The van der Waals surface area contributed by atoms with Gasteiger partial charge in [0.15, 0.2) is 0 Å². The van der Waals surface area contributed by atoms with Crippen LogP contribution in [0.15, 0.2) is 35.5 Å². The van der Waals surface area contributed by atoms with Crippen molar-refractivity contribution in [2.24, 2.45) is 17.8 Å². The van der Waals surface area contributed by atoms with Gasteiger partial charge in [0.1, 0.15) is 0 Å². The molecule has 6 rings (SSSR count). The minimum atomic E-state index is -0.655. The Morgan fingerprint density at radius 1 is 1.11 bits per heavy atom. The SMILES string of the molecule is CCOC(=O)C1=C(C)N(CC)C(=O)NC1c1cccc(NC(=O)NC23CC4CC(CC(C4)C2)C3)c1. The van der Waals surface area contributed by atoms with Crippen LogP contribution in [0.4, 0.5) is 15.3 Å². The van der Waals surface area contributed by atoms with Gasteiger partial charge in [0.25, 0.3) is 0 Å². The summed E-state index contributed by atoms with van der Waals surface area (Å²) in [5.41, 5.74) is 2.25. The third-order valence-corrected chi connectivity index (χ3v) is 8.30. The van der Waals surface area contributed by atoms with Crippen LogP contribution in [0.1, 0.15) is 70.9 Å². The summed E-state index contributed by atoms with van der Waals surface area (Å²) in [6.45, 7) is 6.07. The minimum absolute atomic E-state index is 0.0751. The van der Waals surface area contributed by atoms with Crippen molar-refractivity contribution in [2.75, 3.05) is 18.5 Å². The Hall–Kier alpha value is -3.03. The van der Waals surface area contributed by atoms with Crippen LogP contribution in [-0.2, 0) is 9.53 Å². The number of carbonyl (C=O) groups excluding carboxylic acids is 3. The highest BCUT2D eigenvalue weighted by molar-refractivity contribution is 5.95. The molecule has 1 heterocycles. The van der Waals surface area contributed by atoms with E-state index in [-0.39, 0.29) is 24.2 Å². The van der Waals surface area contributed by atoms with Crippen molar-refractivity contribution in [1.82, 2.24) is 15.5 Å². The van der Waals surface area contributed by atoms with E-state index in [1.165, 1.54) is 24.2 Å². The van der Waals surface area contributed by atoms with Crippen molar-refractivity contribution in [1.29, 1.82) is 0 Å². The van der Waals surface area contributed by atoms with E-state index in [1.807, 2.05) is 31.2 Å². The number of carbonyl (C=O) groups is 3. The molecular formula is C27H36N4O4. The molecule has 0 spiro atoms. The summed E-state index contributed by atoms with van der Waals surface area (Å²) in [5, 5.41) is 9.27. The average molecular weight is 481 g/mol. The molecule has 3 N–H and O–H groups in total. The lowest BCUT2D eigenvalue weighted by Gasteiger charge is -2.56. The van der Waals surface area contributed by atoms with Gasteiger partial charge >= 0.3 is 18.0 Å². The number of hydrogen-bond acceptors (Lipinski definition) is 4. The molecular weight excluding hydrogens is 444 g/mol. The monoisotopic (exact) mass is 480 g/mol. The summed E-state index contributed by atoms with van der Waals surface area (Å²) in [6.07, 6.45) is 7.22. The molecule has 1 aliphatic heterocycles. The summed E-state index contributed by atoms with van der Waals surface area (Å²) in [6, 6.07) is 6.21. The Bertz CT molecular complexity index is 1030. The Balaban J connectivity index is 1.34. The molecule has 8 nitrogen and oxygen atoms in total. The van der Waals surface area contributed by atoms with E-state index in [4.69, 9.17) is 4.74 Å². The van der Waals surface area contributed by atoms with E-state index in [2.05, 4.69) is 16.0 Å². The van der Waals surface area contributed by atoms with Crippen LogP contribution in [0.3, 0.4) is 0 Å². The number of allylic oxidation sites excluding steroid dienone is 1. The molecule has 4 amide bonds. The molecule has 35 heavy (non-hydrogen) atoms. The number of ether oxygens (including phenoxy) is 1. The number of rotatable bonds is 6. The van der Waals surface area contributed by atoms with Crippen molar-refractivity contribution in [2.45, 2.75) is 70.9 Å². The second kappa shape index (κ2) is 9.21. The second-order valence-electron chi connectivity index (χ2n) is 10.7. The summed E-state index contributed by atoms with van der Waals surface area (Å²) >= 11 is 0. The van der Waals surface area contributed by atoms with Gasteiger partial charge in [-0.1, -0.05) is 12.1 Å². The zero-order valence-electron chi connectivity index (χ0n) is 20.9. The predicted octanol–water partition coefficient (Wildman–Crippen LogP) is 4.70. The van der Waals surface area contributed by atoms with Crippen molar-refractivity contribution >= 4 is 23.7 Å². The Kier molecular flexibility index (Phi) is 6.23. The molecule has 0 aromatic heterocycles. The van der Waals surface area contributed by atoms with Crippen LogP contribution in [0.2, 0.25) is 0 Å². The van der Waals surface area contributed by atoms with Gasteiger partial charge in [0.05, 0.1) is 18.2 Å². The first-order valence-electron chi connectivity index (χ1n) is 13.0. The fraction of sp³-hybridized carbons (Fsp3) is 0.593. The fourth-order valence-electron chi connectivity index (χ4n) is 7.35. The number of esters is 1. The molecule has 5 aliphatic rings. The predicted molar refractivity (Wildman–Crippen MR) is 132 cm³/mol. The lowest BCUT2D eigenvalue weighted by atomic mass is 9.53. The Morgan fingerprint density at radius 2 is 1.77 bits per heavy atom. The molecule has 4 saturated carbocycles. The first-order valence-corrected chi connectivity index (χ1v) is 13.0. The van der Waals surface area contributed by atoms with Crippen LogP contribution >= 0.6 is 0 Å². The molecule has 4 bridgehead atoms. The summed E-state index contributed by atoms with van der Waals surface area (Å²) < 4.78 is 5.31. The van der Waals surface area contributed by atoms with Gasteiger partial charge in [-0.25, -0.2) is 14.4 Å². The van der Waals surface area contributed by atoms with E-state index >= 15 is 0 Å². The zero-order chi connectivity index (χ0) is 24.7. The Labute approximate surface area is 206 Å². The number of amides is 4. The number of nitrogens with one attached hydrogen (secondary N) is 3. The zero-order valence-corrected chi connectivity index (χ0v) is 20.9. The van der Waals surface area contributed by atoms with Gasteiger partial charge in [-0.15, -0.1) is 0 Å². The van der Waals surface area contributed by atoms with E-state index < -0.39 is 12.0 Å². The molecule has 0 radical (unpaired) electrons. The quantitative estimate of drug-likeness (QED) is 0.514. The maximum absolute atomic E-state index is 13.0. The highest BCUT2D eigenvalue weighted by Crippen LogP contribution is 2.55. The molecule has 4 fully saturated rings. The van der Waals surface area contributed by atoms with Gasteiger partial charge in [-0.05, 0) is 94.7 Å². The van der Waals surface area contributed by atoms with Crippen LogP contribution in [-0.4, -0.2) is 41.6 Å². The highest BCUT2D eigenvalue weighted by atomic mass is 16.5. The van der Waals surface area contributed by atoms with E-state index in [9.17, 15) is 14.4 Å². The van der Waals surface area contributed by atoms with Gasteiger partial charge in [0, 0.05) is 23.5 Å². The van der Waals surface area contributed by atoms with E-state index in [0.717, 1.165) is 37.0 Å². The van der Waals surface area contributed by atoms with Crippen LogP contribution in [0, 0.1) is 17.8 Å². The van der Waals surface area contributed by atoms with E-state index in [0.29, 0.717) is 29.1 Å². The number of urea groups is 2. The fourth-order valence-corrected chi connectivity index (χ4v) is 7.35. The number of anilines is 1. The normalized spacial score (nSPS) is 31.3. The van der Waals surface area contributed by atoms with Gasteiger partial charge < -0.3 is 20.7 Å². The first-order chi connectivity index (χ1) is 16.8. The van der Waals surface area contributed by atoms with Crippen LogP contribution in [0.5, 0.6) is 0 Å². The summed E-state index contributed by atoms with van der Waals surface area (Å²) in [5.74, 6) is 1.79. The molecule has 4 aliphatic carbocycles. The van der Waals surface area contributed by atoms with Crippen LogP contribution in [0.25, 0.3) is 0 Å². The van der Waals surface area contributed by atoms with Crippen molar-refractivity contribution in [3.8, 4) is 0 Å². The first kappa shape index (κ1) is 23.7. The maximum Gasteiger partial charge on any atom is 0.338 e. The van der Waals surface area contributed by atoms with Gasteiger partial charge in [-0.3, -0.25) is 4.90 Å². The standard InChI is InChI=1S/C27H36N4O4/c1-4-31-16(3)22(24(32)35-5-2)23(29-26(31)34)20-7-6-8-21(12-20)28-25(33)30-27-13-17-9-18(14-27)11-19(10-17)15-27/h6-8,12,17-19,23H,4-5,9-11,13-15H2,1-3H3,(H,29,34)(H2,28,30,33). The van der Waals surface area contributed by atoms with E-state index in [1.54, 1.807) is 13.8 Å². The summed E-state index contributed by atoms with van der Waals surface area (Å²) in [4.78, 5) is 40.1.